The number of para-hydroxylation sites is 2. The summed E-state index contributed by atoms with van der Waals surface area (Å²) in [6.07, 6.45) is 1.73. The molecule has 4 rings (SSSR count). The lowest BCUT2D eigenvalue weighted by molar-refractivity contribution is -0.142. The van der Waals surface area contributed by atoms with E-state index in [0.29, 0.717) is 13.2 Å². The van der Waals surface area contributed by atoms with E-state index in [1.54, 1.807) is 11.0 Å². The minimum absolute atomic E-state index is 0.0943. The van der Waals surface area contributed by atoms with Gasteiger partial charge in [0.2, 0.25) is 5.72 Å². The van der Waals surface area contributed by atoms with Crippen molar-refractivity contribution in [1.29, 1.82) is 0 Å². The van der Waals surface area contributed by atoms with Crippen molar-refractivity contribution in [3.63, 3.8) is 0 Å². The molecule has 2 aromatic rings. The molecule has 4 heteroatoms. The Labute approximate surface area is 129 Å². The number of benzene rings is 2. The van der Waals surface area contributed by atoms with Crippen LogP contribution in [0.3, 0.4) is 0 Å². The minimum Gasteiger partial charge on any atom is -0.345 e. The average molecular weight is 292 g/mol. The second kappa shape index (κ2) is 4.71. The molecule has 1 atom stereocenters. The predicted molar refractivity (Wildman–Crippen MR) is 85.5 cm³/mol. The predicted octanol–water partition coefficient (Wildman–Crippen LogP) is 3.01. The van der Waals surface area contributed by atoms with Crippen LogP contribution in [0.15, 0.2) is 61.2 Å². The third-order valence-corrected chi connectivity index (χ3v) is 4.20. The Balaban J connectivity index is 1.86. The van der Waals surface area contributed by atoms with Gasteiger partial charge in [-0.05, 0) is 12.1 Å². The first-order valence-electron chi connectivity index (χ1n) is 7.29. The van der Waals surface area contributed by atoms with Gasteiger partial charge in [-0.3, -0.25) is 4.79 Å². The molecule has 2 aliphatic heterocycles. The van der Waals surface area contributed by atoms with E-state index < -0.39 is 5.72 Å². The summed E-state index contributed by atoms with van der Waals surface area (Å²) in [7, 11) is 0. The SMILES string of the molecule is C=CCN1C(=O)[C@@]2(Nc3ccccc3CO2)c2ccccc21. The summed E-state index contributed by atoms with van der Waals surface area (Å²) in [5.74, 6) is -0.0943. The van der Waals surface area contributed by atoms with Crippen LogP contribution in [0.1, 0.15) is 11.1 Å². The highest BCUT2D eigenvalue weighted by Crippen LogP contribution is 2.46. The number of carbonyl (C=O) groups is 1. The molecular formula is C18H16N2O2. The van der Waals surface area contributed by atoms with Crippen LogP contribution >= 0.6 is 0 Å². The lowest BCUT2D eigenvalue weighted by Gasteiger charge is -2.35. The Morgan fingerprint density at radius 1 is 1.23 bits per heavy atom. The first-order valence-corrected chi connectivity index (χ1v) is 7.29. The van der Waals surface area contributed by atoms with Gasteiger partial charge in [-0.25, -0.2) is 0 Å². The second-order valence-corrected chi connectivity index (χ2v) is 5.47. The number of carbonyl (C=O) groups excluding carboxylic acids is 1. The average Bonchev–Trinajstić information content (AvgIpc) is 2.78. The number of hydrogen-bond donors (Lipinski definition) is 1. The summed E-state index contributed by atoms with van der Waals surface area (Å²) in [6.45, 7) is 4.62. The van der Waals surface area contributed by atoms with Gasteiger partial charge in [0.15, 0.2) is 0 Å². The number of anilines is 2. The van der Waals surface area contributed by atoms with Crippen LogP contribution < -0.4 is 10.2 Å². The molecule has 1 N–H and O–H groups in total. The van der Waals surface area contributed by atoms with E-state index in [2.05, 4.69) is 11.9 Å². The maximum absolute atomic E-state index is 13.0. The Hall–Kier alpha value is -2.59. The molecule has 0 saturated heterocycles. The van der Waals surface area contributed by atoms with E-state index in [1.807, 2.05) is 48.5 Å². The highest BCUT2D eigenvalue weighted by Gasteiger charge is 2.53. The number of nitrogens with one attached hydrogen (secondary N) is 1. The Morgan fingerprint density at radius 2 is 2.00 bits per heavy atom. The largest absolute Gasteiger partial charge is 0.345 e. The fraction of sp³-hybridized carbons (Fsp3) is 0.167. The first-order chi connectivity index (χ1) is 10.8. The molecule has 1 spiro atoms. The molecule has 0 aliphatic carbocycles. The summed E-state index contributed by atoms with van der Waals surface area (Å²) in [5, 5.41) is 3.32. The highest BCUT2D eigenvalue weighted by atomic mass is 16.5. The van der Waals surface area contributed by atoms with Crippen LogP contribution in [0.5, 0.6) is 0 Å². The molecular weight excluding hydrogens is 276 g/mol. The van der Waals surface area contributed by atoms with Gasteiger partial charge in [0, 0.05) is 23.4 Å². The van der Waals surface area contributed by atoms with Crippen molar-refractivity contribution in [2.75, 3.05) is 16.8 Å². The maximum Gasteiger partial charge on any atom is 0.285 e. The summed E-state index contributed by atoms with van der Waals surface area (Å²) in [4.78, 5) is 14.7. The monoisotopic (exact) mass is 292 g/mol. The van der Waals surface area contributed by atoms with Crippen molar-refractivity contribution in [3.8, 4) is 0 Å². The van der Waals surface area contributed by atoms with Crippen LogP contribution in [0.2, 0.25) is 0 Å². The van der Waals surface area contributed by atoms with Crippen molar-refractivity contribution >= 4 is 17.3 Å². The van der Waals surface area contributed by atoms with Gasteiger partial charge in [-0.15, -0.1) is 6.58 Å². The fourth-order valence-corrected chi connectivity index (χ4v) is 3.17. The van der Waals surface area contributed by atoms with Crippen molar-refractivity contribution < 1.29 is 9.53 Å². The number of hydrogen-bond acceptors (Lipinski definition) is 3. The molecule has 1 amide bonds. The molecule has 2 heterocycles. The molecule has 2 aromatic carbocycles. The zero-order valence-electron chi connectivity index (χ0n) is 12.1. The maximum atomic E-state index is 13.0. The van der Waals surface area contributed by atoms with Gasteiger partial charge in [0.05, 0.1) is 12.3 Å². The normalized spacial score (nSPS) is 22.2. The van der Waals surface area contributed by atoms with E-state index in [0.717, 1.165) is 22.5 Å². The summed E-state index contributed by atoms with van der Waals surface area (Å²) in [6, 6.07) is 15.6. The van der Waals surface area contributed by atoms with E-state index >= 15 is 0 Å². The van der Waals surface area contributed by atoms with Crippen LogP contribution in [0, 0.1) is 0 Å². The molecule has 0 aromatic heterocycles. The molecule has 4 nitrogen and oxygen atoms in total. The zero-order chi connectivity index (χ0) is 15.2. The highest BCUT2D eigenvalue weighted by molar-refractivity contribution is 6.08. The molecule has 0 saturated carbocycles. The third kappa shape index (κ3) is 1.64. The summed E-state index contributed by atoms with van der Waals surface area (Å²) in [5.41, 5.74) is 2.60. The molecule has 110 valence electrons. The quantitative estimate of drug-likeness (QED) is 0.865. The van der Waals surface area contributed by atoms with E-state index in [-0.39, 0.29) is 5.91 Å². The minimum atomic E-state index is -1.13. The third-order valence-electron chi connectivity index (χ3n) is 4.20. The molecule has 2 aliphatic rings. The Bertz CT molecular complexity index is 771. The standard InChI is InChI=1S/C18H16N2O2/c1-2-11-20-16-10-6-4-8-14(16)18(17(20)21)19-15-9-5-3-7-13(15)12-22-18/h2-10,19H,1,11-12H2/t18-/m1/s1. The van der Waals surface area contributed by atoms with Gasteiger partial charge in [-0.2, -0.15) is 0 Å². The van der Waals surface area contributed by atoms with Crippen molar-refractivity contribution in [2.45, 2.75) is 12.3 Å². The summed E-state index contributed by atoms with van der Waals surface area (Å²) < 4.78 is 6.03. The van der Waals surface area contributed by atoms with Crippen molar-refractivity contribution in [1.82, 2.24) is 0 Å². The van der Waals surface area contributed by atoms with Gasteiger partial charge in [0.1, 0.15) is 0 Å². The van der Waals surface area contributed by atoms with Gasteiger partial charge < -0.3 is 15.0 Å². The lowest BCUT2D eigenvalue weighted by atomic mass is 10.0. The fourth-order valence-electron chi connectivity index (χ4n) is 3.17. The van der Waals surface area contributed by atoms with E-state index in [9.17, 15) is 4.79 Å². The first kappa shape index (κ1) is 13.1. The molecule has 0 radical (unpaired) electrons. The van der Waals surface area contributed by atoms with Crippen LogP contribution in [-0.4, -0.2) is 12.5 Å². The van der Waals surface area contributed by atoms with Gasteiger partial charge in [0.25, 0.3) is 5.91 Å². The van der Waals surface area contributed by atoms with Crippen molar-refractivity contribution in [3.05, 3.63) is 72.3 Å². The van der Waals surface area contributed by atoms with Crippen LogP contribution in [-0.2, 0) is 21.9 Å². The molecule has 0 unspecified atom stereocenters. The Kier molecular flexibility index (Phi) is 2.81. The topological polar surface area (TPSA) is 41.6 Å². The Morgan fingerprint density at radius 3 is 2.86 bits per heavy atom. The van der Waals surface area contributed by atoms with Crippen molar-refractivity contribution in [2.24, 2.45) is 0 Å². The number of nitrogens with zero attached hydrogens (tertiary/aromatic N) is 1. The van der Waals surface area contributed by atoms with Crippen LogP contribution in [0.25, 0.3) is 0 Å². The van der Waals surface area contributed by atoms with Gasteiger partial charge >= 0.3 is 0 Å². The second-order valence-electron chi connectivity index (χ2n) is 5.47. The smallest absolute Gasteiger partial charge is 0.285 e. The molecule has 0 bridgehead atoms. The molecule has 22 heavy (non-hydrogen) atoms. The number of amides is 1. The van der Waals surface area contributed by atoms with E-state index in [1.165, 1.54) is 0 Å². The number of fused-ring (bicyclic) bond motifs is 3. The zero-order valence-corrected chi connectivity index (χ0v) is 12.1. The lowest BCUT2D eigenvalue weighted by Crippen LogP contribution is -2.50. The van der Waals surface area contributed by atoms with E-state index in [4.69, 9.17) is 4.74 Å². The van der Waals surface area contributed by atoms with Crippen LogP contribution in [0.4, 0.5) is 11.4 Å². The molecule has 0 fully saturated rings. The summed E-state index contributed by atoms with van der Waals surface area (Å²) >= 11 is 0. The number of rotatable bonds is 2. The van der Waals surface area contributed by atoms with Gasteiger partial charge in [-0.1, -0.05) is 42.5 Å². The number of ether oxygens (including phenoxy) is 1.